The molecule has 0 radical (unpaired) electrons. The molecule has 0 unspecified atom stereocenters. The van der Waals surface area contributed by atoms with Crippen molar-refractivity contribution in [3.63, 3.8) is 0 Å². The Labute approximate surface area is 73.1 Å². The van der Waals surface area contributed by atoms with E-state index in [0.29, 0.717) is 0 Å². The van der Waals surface area contributed by atoms with E-state index >= 15 is 0 Å². The maximum atomic E-state index is 5.94. The molecule has 0 saturated carbocycles. The first-order valence-corrected chi connectivity index (χ1v) is 5.44. The van der Waals surface area contributed by atoms with Crippen molar-refractivity contribution in [3.8, 4) is 0 Å². The Kier molecular flexibility index (Phi) is 1.61. The second kappa shape index (κ2) is 2.47. The average Bonchev–Trinajstić information content (AvgIpc) is 2.36. The fourth-order valence-corrected chi connectivity index (χ4v) is 2.63. The summed E-state index contributed by atoms with van der Waals surface area (Å²) in [6.07, 6.45) is 1.86. The van der Waals surface area contributed by atoms with Crippen LogP contribution in [0.3, 0.4) is 0 Å². The van der Waals surface area contributed by atoms with Crippen molar-refractivity contribution < 1.29 is 0 Å². The van der Waals surface area contributed by atoms with E-state index in [9.17, 15) is 0 Å². The average molecular weight is 266 g/mol. The molecule has 2 heterocycles. The minimum atomic E-state index is -0.141. The van der Waals surface area contributed by atoms with Gasteiger partial charge in [-0.2, -0.15) is 0 Å². The summed E-state index contributed by atoms with van der Waals surface area (Å²) >= 11 is 5.80. The number of aromatic nitrogens is 1. The summed E-state index contributed by atoms with van der Waals surface area (Å²) in [4.78, 5) is 7.17. The fraction of sp³-hybridized carbons (Fsp3) is 0. The molecule has 10 heavy (non-hydrogen) atoms. The zero-order chi connectivity index (χ0) is 6.97. The van der Waals surface area contributed by atoms with E-state index in [-0.39, 0.29) is 20.7 Å². The number of aromatic amines is 1. The Morgan fingerprint density at radius 3 is 3.30 bits per heavy atom. The highest BCUT2D eigenvalue weighted by Gasteiger charge is 2.08. The fourth-order valence-electron chi connectivity index (χ4n) is 0.795. The molecule has 1 N–H and O–H groups in total. The normalized spacial score (nSPS) is 15.5. The lowest BCUT2D eigenvalue weighted by Crippen LogP contribution is -1.87. The van der Waals surface area contributed by atoms with Gasteiger partial charge in [0.25, 0.3) is 0 Å². The van der Waals surface area contributed by atoms with Crippen LogP contribution in [0.15, 0.2) is 17.3 Å². The molecule has 1 aromatic rings. The Bertz CT molecular complexity index is 313. The van der Waals surface area contributed by atoms with Gasteiger partial charge in [-0.05, 0) is 6.07 Å². The van der Waals surface area contributed by atoms with Gasteiger partial charge in [0, 0.05) is 11.8 Å². The third kappa shape index (κ3) is 0.932. The third-order valence-electron chi connectivity index (χ3n) is 1.25. The van der Waals surface area contributed by atoms with Crippen molar-refractivity contribution >= 4 is 45.3 Å². The van der Waals surface area contributed by atoms with Crippen molar-refractivity contribution in [2.24, 2.45) is 4.99 Å². The molecule has 0 aliphatic carbocycles. The zero-order valence-electron chi connectivity index (χ0n) is 4.94. The van der Waals surface area contributed by atoms with Gasteiger partial charge in [0.15, 0.2) is 0 Å². The summed E-state index contributed by atoms with van der Waals surface area (Å²) in [5.41, 5.74) is 1.08. The predicted molar refractivity (Wildman–Crippen MR) is 52.9 cm³/mol. The van der Waals surface area contributed by atoms with E-state index in [0.717, 1.165) is 14.3 Å². The largest absolute Gasteiger partial charge is 0.346 e. The number of rotatable bonds is 0. The molecule has 1 aliphatic heterocycles. The molecule has 1 aromatic heterocycles. The molecule has 0 spiro atoms. The minimum absolute atomic E-state index is 0.141. The molecule has 2 rings (SSSR count). The van der Waals surface area contributed by atoms with Crippen LogP contribution < -0.4 is 0 Å². The van der Waals surface area contributed by atoms with Gasteiger partial charge in [0.05, 0.1) is 7.19 Å². The molecule has 2 nitrogen and oxygen atoms in total. The van der Waals surface area contributed by atoms with E-state index in [1.54, 1.807) is 0 Å². The number of H-pyrrole nitrogens is 1. The van der Waals surface area contributed by atoms with Gasteiger partial charge < -0.3 is 4.98 Å². The van der Waals surface area contributed by atoms with Crippen molar-refractivity contribution in [3.05, 3.63) is 17.8 Å². The van der Waals surface area contributed by atoms with Crippen LogP contribution in [0, 0.1) is 0 Å². The van der Waals surface area contributed by atoms with Crippen molar-refractivity contribution in [2.45, 2.75) is 0 Å². The number of halogens is 2. The molecule has 4 heteroatoms. The number of nitrogens with one attached hydrogen (secondary N) is 1. The van der Waals surface area contributed by atoms with Crippen LogP contribution in [-0.4, -0.2) is 12.2 Å². The van der Waals surface area contributed by atoms with Gasteiger partial charge in [-0.3, -0.25) is 0 Å². The molecule has 52 valence electrons. The highest BCUT2D eigenvalue weighted by atomic mass is 127. The smallest absolute Gasteiger partial charge is 0.139 e. The Morgan fingerprint density at radius 1 is 1.60 bits per heavy atom. The van der Waals surface area contributed by atoms with E-state index in [1.165, 1.54) is 0 Å². The summed E-state index contributed by atoms with van der Waals surface area (Å²) in [5, 5.41) is 0. The Hall–Kier alpha value is -0.160. The number of aliphatic imine (C=N–C) groups is 1. The van der Waals surface area contributed by atoms with E-state index in [2.05, 4.69) is 9.98 Å². The molecular formula is C6H4ClIN2. The second-order valence-electron chi connectivity index (χ2n) is 1.84. The zero-order valence-corrected chi connectivity index (χ0v) is 7.85. The maximum Gasteiger partial charge on any atom is 0.139 e. The first-order valence-electron chi connectivity index (χ1n) is 2.74. The van der Waals surface area contributed by atoms with Gasteiger partial charge in [-0.1, -0.05) is 32.3 Å². The van der Waals surface area contributed by atoms with Gasteiger partial charge in [0.2, 0.25) is 0 Å². The van der Waals surface area contributed by atoms with Gasteiger partial charge >= 0.3 is 0 Å². The number of hydrogen-bond acceptors (Lipinski definition) is 1. The van der Waals surface area contributed by atoms with Crippen LogP contribution in [0.1, 0.15) is 5.56 Å². The molecule has 0 atom stereocenters. The summed E-state index contributed by atoms with van der Waals surface area (Å²) in [5.74, 6) is 0.899. The first-order chi connectivity index (χ1) is 4.88. The van der Waals surface area contributed by atoms with E-state index < -0.39 is 0 Å². The summed E-state index contributed by atoms with van der Waals surface area (Å²) in [6, 6.07) is 1.97. The summed E-state index contributed by atoms with van der Waals surface area (Å²) in [6.45, 7) is 0. The standard InChI is InChI=1S/C6H4ClIN2/c7-5-4-1-2-9-6(4)10-3-8-5/h1-3H,(H,9,10). The van der Waals surface area contributed by atoms with Crippen molar-refractivity contribution in [2.75, 3.05) is 0 Å². The SMILES string of the molecule is ClC1=IC=Nc2[nH]ccc21. The minimum Gasteiger partial charge on any atom is -0.346 e. The monoisotopic (exact) mass is 266 g/mol. The Balaban J connectivity index is 2.67. The van der Waals surface area contributed by atoms with E-state index in [4.69, 9.17) is 11.6 Å². The topological polar surface area (TPSA) is 28.1 Å². The predicted octanol–water partition coefficient (Wildman–Crippen LogP) is 2.38. The van der Waals surface area contributed by atoms with Gasteiger partial charge in [-0.25, -0.2) is 4.99 Å². The van der Waals surface area contributed by atoms with Gasteiger partial charge in [-0.15, -0.1) is 0 Å². The second-order valence-corrected chi connectivity index (χ2v) is 5.11. The maximum absolute atomic E-state index is 5.94. The van der Waals surface area contributed by atoms with Crippen LogP contribution in [0.2, 0.25) is 0 Å². The molecular weight excluding hydrogens is 262 g/mol. The Morgan fingerprint density at radius 2 is 2.50 bits per heavy atom. The van der Waals surface area contributed by atoms with Crippen molar-refractivity contribution in [1.82, 2.24) is 4.98 Å². The lowest BCUT2D eigenvalue weighted by Gasteiger charge is -1.98. The number of nitrogens with zero attached hydrogens (tertiary/aromatic N) is 1. The quantitative estimate of drug-likeness (QED) is 0.699. The molecule has 1 aliphatic rings. The summed E-state index contributed by atoms with van der Waals surface area (Å²) in [7, 11) is 0. The highest BCUT2D eigenvalue weighted by molar-refractivity contribution is 14.2. The van der Waals surface area contributed by atoms with Crippen LogP contribution in [0.5, 0.6) is 0 Å². The molecule has 0 saturated heterocycles. The van der Waals surface area contributed by atoms with Crippen LogP contribution in [0.4, 0.5) is 5.82 Å². The number of hydrogen-bond donors (Lipinski definition) is 1. The van der Waals surface area contributed by atoms with Crippen LogP contribution in [0.25, 0.3) is 0 Å². The molecule has 0 fully saturated rings. The van der Waals surface area contributed by atoms with Crippen molar-refractivity contribution in [1.29, 1.82) is 0 Å². The highest BCUT2D eigenvalue weighted by Crippen LogP contribution is 2.26. The molecule has 0 bridgehead atoms. The lowest BCUT2D eigenvalue weighted by molar-refractivity contribution is 1.35. The van der Waals surface area contributed by atoms with Crippen LogP contribution >= 0.6 is 32.3 Å². The molecule has 0 amide bonds. The third-order valence-corrected chi connectivity index (χ3v) is 3.69. The number of fused-ring (bicyclic) bond motifs is 1. The van der Waals surface area contributed by atoms with Crippen LogP contribution in [-0.2, 0) is 0 Å². The lowest BCUT2D eigenvalue weighted by atomic mass is 10.4. The first kappa shape index (κ1) is 6.54. The van der Waals surface area contributed by atoms with E-state index in [1.807, 2.05) is 16.5 Å². The molecule has 0 aromatic carbocycles. The van der Waals surface area contributed by atoms with Gasteiger partial charge in [0.1, 0.15) is 5.82 Å². The summed E-state index contributed by atoms with van der Waals surface area (Å²) < 4.78 is 2.89.